The van der Waals surface area contributed by atoms with E-state index < -0.39 is 0 Å². The maximum absolute atomic E-state index is 12.3. The van der Waals surface area contributed by atoms with Crippen molar-refractivity contribution in [1.82, 2.24) is 9.88 Å². The second kappa shape index (κ2) is 8.46. The van der Waals surface area contributed by atoms with Crippen molar-refractivity contribution >= 4 is 34.3 Å². The molecule has 7 nitrogen and oxygen atoms in total. The molecule has 0 saturated carbocycles. The number of nitrogens with zero attached hydrogens (tertiary/aromatic N) is 2. The molecule has 0 spiro atoms. The van der Waals surface area contributed by atoms with Gasteiger partial charge in [-0.15, -0.1) is 0 Å². The van der Waals surface area contributed by atoms with Gasteiger partial charge in [-0.25, -0.2) is 4.98 Å². The molecule has 3 rings (SSSR count). The zero-order chi connectivity index (χ0) is 19.2. The van der Waals surface area contributed by atoms with Gasteiger partial charge in [0.05, 0.1) is 13.1 Å². The van der Waals surface area contributed by atoms with Crippen LogP contribution in [-0.4, -0.2) is 34.8 Å². The van der Waals surface area contributed by atoms with Crippen LogP contribution in [0.2, 0.25) is 0 Å². The maximum atomic E-state index is 12.3. The lowest BCUT2D eigenvalue weighted by atomic mass is 10.2. The van der Waals surface area contributed by atoms with Crippen molar-refractivity contribution in [3.05, 3.63) is 54.4 Å². The highest BCUT2D eigenvalue weighted by Crippen LogP contribution is 2.16. The van der Waals surface area contributed by atoms with Gasteiger partial charge >= 0.3 is 0 Å². The molecule has 0 unspecified atom stereocenters. The van der Waals surface area contributed by atoms with Gasteiger partial charge in [0.1, 0.15) is 5.52 Å². The Morgan fingerprint density at radius 1 is 1.04 bits per heavy atom. The van der Waals surface area contributed by atoms with Gasteiger partial charge in [-0.2, -0.15) is 0 Å². The van der Waals surface area contributed by atoms with E-state index in [2.05, 4.69) is 15.6 Å². The van der Waals surface area contributed by atoms with E-state index in [-0.39, 0.29) is 18.4 Å². The van der Waals surface area contributed by atoms with Gasteiger partial charge in [-0.3, -0.25) is 14.5 Å². The predicted octanol–water partition coefficient (Wildman–Crippen LogP) is 3.25. The third-order valence-electron chi connectivity index (χ3n) is 4.00. The summed E-state index contributed by atoms with van der Waals surface area (Å²) in [4.78, 5) is 29.8. The van der Waals surface area contributed by atoms with Gasteiger partial charge in [-0.1, -0.05) is 19.1 Å². The number of hydrogen-bond donors (Lipinski definition) is 2. The Hall–Kier alpha value is -3.19. The van der Waals surface area contributed by atoms with Crippen LogP contribution in [0, 0.1) is 0 Å². The van der Waals surface area contributed by atoms with Crippen molar-refractivity contribution in [1.29, 1.82) is 0 Å². The maximum Gasteiger partial charge on any atom is 0.238 e. The van der Waals surface area contributed by atoms with Crippen LogP contribution in [0.25, 0.3) is 11.1 Å². The van der Waals surface area contributed by atoms with Crippen molar-refractivity contribution < 1.29 is 14.0 Å². The first kappa shape index (κ1) is 18.6. The van der Waals surface area contributed by atoms with Gasteiger partial charge in [0.2, 0.25) is 17.7 Å². The number of anilines is 2. The highest BCUT2D eigenvalue weighted by atomic mass is 16.3. The Kier molecular flexibility index (Phi) is 5.83. The Bertz CT molecular complexity index is 901. The number of hydrogen-bond acceptors (Lipinski definition) is 5. The number of amides is 2. The van der Waals surface area contributed by atoms with Gasteiger partial charge in [0.15, 0.2) is 5.58 Å². The smallest absolute Gasteiger partial charge is 0.238 e. The SMILES string of the molecule is CCN(CC(=O)Nc1ccc(NC(C)=O)cc1)Cc1nc2ccccc2o1. The normalized spacial score (nSPS) is 10.9. The molecule has 1 aromatic heterocycles. The van der Waals surface area contributed by atoms with E-state index >= 15 is 0 Å². The third kappa shape index (κ3) is 5.15. The second-order valence-corrected chi connectivity index (χ2v) is 6.19. The quantitative estimate of drug-likeness (QED) is 0.670. The van der Waals surface area contributed by atoms with Gasteiger partial charge in [0, 0.05) is 18.3 Å². The number of aromatic nitrogens is 1. The fraction of sp³-hybridized carbons (Fsp3) is 0.250. The standard InChI is InChI=1S/C20H22N4O3/c1-3-24(13-20-23-17-6-4-5-7-18(17)27-20)12-19(26)22-16-10-8-15(9-11-16)21-14(2)25/h4-11H,3,12-13H2,1-2H3,(H,21,25)(H,22,26). The molecule has 0 saturated heterocycles. The fourth-order valence-electron chi connectivity index (χ4n) is 2.70. The van der Waals surface area contributed by atoms with Crippen LogP contribution in [-0.2, 0) is 16.1 Å². The topological polar surface area (TPSA) is 87.5 Å². The highest BCUT2D eigenvalue weighted by Gasteiger charge is 2.14. The van der Waals surface area contributed by atoms with Crippen LogP contribution in [0.5, 0.6) is 0 Å². The molecule has 2 N–H and O–H groups in total. The summed E-state index contributed by atoms with van der Waals surface area (Å²) in [6.07, 6.45) is 0. The Morgan fingerprint density at radius 2 is 1.70 bits per heavy atom. The summed E-state index contributed by atoms with van der Waals surface area (Å²) in [5.74, 6) is 0.329. The lowest BCUT2D eigenvalue weighted by Gasteiger charge is -2.18. The van der Waals surface area contributed by atoms with E-state index in [1.807, 2.05) is 36.1 Å². The van der Waals surface area contributed by atoms with Crippen LogP contribution in [0.4, 0.5) is 11.4 Å². The second-order valence-electron chi connectivity index (χ2n) is 6.19. The first-order valence-corrected chi connectivity index (χ1v) is 8.78. The summed E-state index contributed by atoms with van der Waals surface area (Å²) in [5.41, 5.74) is 2.91. The van der Waals surface area contributed by atoms with Gasteiger partial charge in [-0.05, 0) is 42.9 Å². The number of benzene rings is 2. The molecule has 27 heavy (non-hydrogen) atoms. The molecule has 0 aliphatic rings. The van der Waals surface area contributed by atoms with Crippen molar-refractivity contribution in [2.75, 3.05) is 23.7 Å². The first-order chi connectivity index (χ1) is 13.0. The molecular formula is C20H22N4O3. The van der Waals surface area contributed by atoms with Crippen molar-refractivity contribution in [3.63, 3.8) is 0 Å². The minimum absolute atomic E-state index is 0.125. The minimum Gasteiger partial charge on any atom is -0.439 e. The molecule has 2 amide bonds. The summed E-state index contributed by atoms with van der Waals surface area (Å²) in [5, 5.41) is 5.54. The number of carbonyl (C=O) groups excluding carboxylic acids is 2. The first-order valence-electron chi connectivity index (χ1n) is 8.78. The average molecular weight is 366 g/mol. The van der Waals surface area contributed by atoms with Crippen molar-refractivity contribution in [2.45, 2.75) is 20.4 Å². The van der Waals surface area contributed by atoms with Gasteiger partial charge < -0.3 is 15.1 Å². The number of carbonyl (C=O) groups is 2. The molecule has 7 heteroatoms. The van der Waals surface area contributed by atoms with E-state index in [0.29, 0.717) is 30.4 Å². The molecule has 0 bridgehead atoms. The summed E-state index contributed by atoms with van der Waals surface area (Å²) in [6, 6.07) is 14.6. The molecule has 0 fully saturated rings. The predicted molar refractivity (Wildman–Crippen MR) is 104 cm³/mol. The number of nitrogens with one attached hydrogen (secondary N) is 2. The van der Waals surface area contributed by atoms with E-state index in [1.165, 1.54) is 6.92 Å². The molecule has 1 heterocycles. The number of likely N-dealkylation sites (N-methyl/N-ethyl adjacent to an activating group) is 1. The Balaban J connectivity index is 1.57. The minimum atomic E-state index is -0.135. The average Bonchev–Trinajstić information content (AvgIpc) is 3.04. The van der Waals surface area contributed by atoms with Crippen LogP contribution in [0.1, 0.15) is 19.7 Å². The Labute approximate surface area is 157 Å². The number of oxazole rings is 1. The summed E-state index contributed by atoms with van der Waals surface area (Å²) in [7, 11) is 0. The zero-order valence-corrected chi connectivity index (χ0v) is 15.4. The molecule has 0 radical (unpaired) electrons. The number of fused-ring (bicyclic) bond motifs is 1. The summed E-state index contributed by atoms with van der Waals surface area (Å²) < 4.78 is 5.73. The van der Waals surface area contributed by atoms with E-state index in [4.69, 9.17) is 4.42 Å². The summed E-state index contributed by atoms with van der Waals surface area (Å²) >= 11 is 0. The van der Waals surface area contributed by atoms with Crippen LogP contribution >= 0.6 is 0 Å². The molecule has 2 aromatic carbocycles. The van der Waals surface area contributed by atoms with Crippen LogP contribution < -0.4 is 10.6 Å². The van der Waals surface area contributed by atoms with Gasteiger partial charge in [0.25, 0.3) is 0 Å². The van der Waals surface area contributed by atoms with Crippen molar-refractivity contribution in [2.24, 2.45) is 0 Å². The number of rotatable bonds is 7. The Morgan fingerprint density at radius 3 is 2.33 bits per heavy atom. The highest BCUT2D eigenvalue weighted by molar-refractivity contribution is 5.93. The monoisotopic (exact) mass is 366 g/mol. The fourth-order valence-corrected chi connectivity index (χ4v) is 2.70. The van der Waals surface area contributed by atoms with Crippen LogP contribution in [0.3, 0.4) is 0 Å². The molecule has 0 aliphatic carbocycles. The van der Waals surface area contributed by atoms with E-state index in [0.717, 1.165) is 11.1 Å². The molecule has 3 aromatic rings. The largest absolute Gasteiger partial charge is 0.439 e. The summed E-state index contributed by atoms with van der Waals surface area (Å²) in [6.45, 7) is 4.81. The lowest BCUT2D eigenvalue weighted by molar-refractivity contribution is -0.117. The van der Waals surface area contributed by atoms with Crippen molar-refractivity contribution in [3.8, 4) is 0 Å². The third-order valence-corrected chi connectivity index (χ3v) is 4.00. The molecule has 140 valence electrons. The molecule has 0 aliphatic heterocycles. The van der Waals surface area contributed by atoms with E-state index in [9.17, 15) is 9.59 Å². The zero-order valence-electron chi connectivity index (χ0n) is 15.4. The number of para-hydroxylation sites is 2. The molecular weight excluding hydrogens is 344 g/mol. The van der Waals surface area contributed by atoms with E-state index in [1.54, 1.807) is 24.3 Å². The molecule has 0 atom stereocenters. The van der Waals surface area contributed by atoms with Crippen LogP contribution in [0.15, 0.2) is 52.9 Å². The lowest BCUT2D eigenvalue weighted by Crippen LogP contribution is -2.32.